The molecule has 2 aliphatic rings. The molecule has 1 aliphatic heterocycles. The number of furan rings is 1. The number of hydrogen-bond acceptors (Lipinski definition) is 8. The molecule has 1 N–H and O–H groups in total. The average Bonchev–Trinajstić information content (AvgIpc) is 3.83. The van der Waals surface area contributed by atoms with E-state index in [0.29, 0.717) is 41.0 Å². The Hall–Kier alpha value is -4.83. The summed E-state index contributed by atoms with van der Waals surface area (Å²) in [7, 11) is 0. The number of rotatable bonds is 9. The molecule has 0 unspecified atom stereocenters. The van der Waals surface area contributed by atoms with Gasteiger partial charge in [-0.05, 0) is 57.0 Å². The fourth-order valence-electron chi connectivity index (χ4n) is 5.31. The van der Waals surface area contributed by atoms with Gasteiger partial charge in [-0.1, -0.05) is 23.7 Å². The summed E-state index contributed by atoms with van der Waals surface area (Å²) in [6.45, 7) is 4.87. The number of nitrogens with zero attached hydrogens (tertiary/aromatic N) is 3. The summed E-state index contributed by atoms with van der Waals surface area (Å²) in [5, 5.41) is 3.48. The monoisotopic (exact) mass is 614 g/mol. The zero-order chi connectivity index (χ0) is 30.8. The van der Waals surface area contributed by atoms with Gasteiger partial charge in [0.2, 0.25) is 5.91 Å². The van der Waals surface area contributed by atoms with E-state index in [1.165, 1.54) is 31.2 Å². The SMILES string of the molecule is CCOC(=O)CNC(=O)/C=C/c1oc2cc(Cl)c(Oc3ccncc3C(=O)N3CCN(C4CC4)c4ccccc43)cc2c1C. The molecule has 0 bridgehead atoms. The van der Waals surface area contributed by atoms with Crippen molar-refractivity contribution >= 4 is 57.8 Å². The molecule has 226 valence electrons. The zero-order valence-corrected chi connectivity index (χ0v) is 25.1. The van der Waals surface area contributed by atoms with E-state index in [0.717, 1.165) is 28.9 Å². The molecule has 2 amide bonds. The van der Waals surface area contributed by atoms with Gasteiger partial charge in [0.05, 0.1) is 23.0 Å². The molecule has 2 aromatic carbocycles. The second kappa shape index (κ2) is 12.4. The minimum Gasteiger partial charge on any atom is -0.465 e. The maximum Gasteiger partial charge on any atom is 0.325 e. The molecule has 4 aromatic rings. The van der Waals surface area contributed by atoms with Crippen LogP contribution in [0.5, 0.6) is 11.5 Å². The zero-order valence-electron chi connectivity index (χ0n) is 24.3. The van der Waals surface area contributed by atoms with Gasteiger partial charge in [0, 0.05) is 54.6 Å². The Bertz CT molecular complexity index is 1780. The lowest BCUT2D eigenvalue weighted by Gasteiger charge is -2.38. The van der Waals surface area contributed by atoms with Crippen molar-refractivity contribution in [3.05, 3.63) is 82.8 Å². The summed E-state index contributed by atoms with van der Waals surface area (Å²) in [5.41, 5.74) is 3.51. The van der Waals surface area contributed by atoms with Crippen LogP contribution >= 0.6 is 11.6 Å². The van der Waals surface area contributed by atoms with Crippen molar-refractivity contribution in [1.29, 1.82) is 0 Å². The maximum atomic E-state index is 13.9. The first-order valence-electron chi connectivity index (χ1n) is 14.5. The molecule has 6 rings (SSSR count). The van der Waals surface area contributed by atoms with Crippen LogP contribution in [0.3, 0.4) is 0 Å². The Balaban J connectivity index is 1.23. The minimum absolute atomic E-state index is 0.207. The molecule has 1 fully saturated rings. The lowest BCUT2D eigenvalue weighted by molar-refractivity contribution is -0.143. The van der Waals surface area contributed by atoms with Gasteiger partial charge in [-0.25, -0.2) is 0 Å². The highest BCUT2D eigenvalue weighted by Gasteiger charge is 2.36. The fourth-order valence-corrected chi connectivity index (χ4v) is 5.51. The van der Waals surface area contributed by atoms with Gasteiger partial charge in [-0.15, -0.1) is 0 Å². The summed E-state index contributed by atoms with van der Waals surface area (Å²) in [5.74, 6) is -0.0784. The maximum absolute atomic E-state index is 13.9. The summed E-state index contributed by atoms with van der Waals surface area (Å²) in [6.07, 6.45) is 8.23. The van der Waals surface area contributed by atoms with Crippen LogP contribution < -0.4 is 19.9 Å². The van der Waals surface area contributed by atoms with Gasteiger partial charge in [0.1, 0.15) is 35.0 Å². The van der Waals surface area contributed by atoms with Crippen molar-refractivity contribution in [2.45, 2.75) is 32.7 Å². The number of fused-ring (bicyclic) bond motifs is 2. The standard InChI is InChI=1S/C33H31ClN4O6/c1-3-42-32(40)19-36-31(39)11-10-27-20(2)22-16-30(24(34)17-29(22)43-27)44-28-12-13-35-18-23(28)33(41)38-15-14-37(21-8-9-21)25-6-4-5-7-26(25)38/h4-7,10-13,16-18,21H,3,8-9,14-15,19H2,1-2H3,(H,36,39)/b11-10+. The van der Waals surface area contributed by atoms with Gasteiger partial charge in [-0.2, -0.15) is 0 Å². The predicted octanol–water partition coefficient (Wildman–Crippen LogP) is 5.90. The number of benzene rings is 2. The largest absolute Gasteiger partial charge is 0.465 e. The first-order chi connectivity index (χ1) is 21.3. The molecule has 1 aliphatic carbocycles. The number of halogens is 1. The van der Waals surface area contributed by atoms with Crippen LogP contribution in [0.1, 0.15) is 41.4 Å². The number of ether oxygens (including phenoxy) is 2. The van der Waals surface area contributed by atoms with Gasteiger partial charge in [-0.3, -0.25) is 19.4 Å². The molecular formula is C33H31ClN4O6. The van der Waals surface area contributed by atoms with Crippen LogP contribution in [-0.2, 0) is 14.3 Å². The molecule has 0 atom stereocenters. The topological polar surface area (TPSA) is 114 Å². The summed E-state index contributed by atoms with van der Waals surface area (Å²) in [6, 6.07) is 13.5. The summed E-state index contributed by atoms with van der Waals surface area (Å²) >= 11 is 6.61. The first-order valence-corrected chi connectivity index (χ1v) is 14.9. The predicted molar refractivity (Wildman–Crippen MR) is 167 cm³/mol. The third kappa shape index (κ3) is 5.98. The molecule has 2 aromatic heterocycles. The number of aromatic nitrogens is 1. The molecule has 0 spiro atoms. The van der Waals surface area contributed by atoms with Crippen LogP contribution in [-0.4, -0.2) is 55.1 Å². The Morgan fingerprint density at radius 3 is 2.68 bits per heavy atom. The highest BCUT2D eigenvalue weighted by Crippen LogP contribution is 2.42. The summed E-state index contributed by atoms with van der Waals surface area (Å²) in [4.78, 5) is 46.0. The van der Waals surface area contributed by atoms with E-state index in [1.807, 2.05) is 25.1 Å². The Morgan fingerprint density at radius 1 is 1.11 bits per heavy atom. The highest BCUT2D eigenvalue weighted by atomic mass is 35.5. The lowest BCUT2D eigenvalue weighted by atomic mass is 10.1. The third-order valence-corrected chi connectivity index (χ3v) is 7.93. The Kier molecular flexibility index (Phi) is 8.25. The number of carbonyl (C=O) groups is 3. The minimum atomic E-state index is -0.517. The highest BCUT2D eigenvalue weighted by molar-refractivity contribution is 6.32. The molecule has 0 radical (unpaired) electrons. The number of pyridine rings is 1. The number of para-hydroxylation sites is 2. The fraction of sp³-hybridized carbons (Fsp3) is 0.273. The molecular weight excluding hydrogens is 584 g/mol. The molecule has 1 saturated carbocycles. The van der Waals surface area contributed by atoms with Crippen LogP contribution in [0.4, 0.5) is 11.4 Å². The van der Waals surface area contributed by atoms with Crippen LogP contribution in [0.25, 0.3) is 17.0 Å². The second-order valence-electron chi connectivity index (χ2n) is 10.6. The van der Waals surface area contributed by atoms with Crippen molar-refractivity contribution in [3.8, 4) is 11.5 Å². The summed E-state index contributed by atoms with van der Waals surface area (Å²) < 4.78 is 17.0. The quantitative estimate of drug-likeness (QED) is 0.183. The third-order valence-electron chi connectivity index (χ3n) is 7.64. The van der Waals surface area contributed by atoms with E-state index >= 15 is 0 Å². The van der Waals surface area contributed by atoms with E-state index in [9.17, 15) is 14.4 Å². The van der Waals surface area contributed by atoms with E-state index in [4.69, 9.17) is 25.5 Å². The Morgan fingerprint density at radius 2 is 1.91 bits per heavy atom. The number of amides is 2. The van der Waals surface area contributed by atoms with Gasteiger partial charge < -0.3 is 29.0 Å². The van der Waals surface area contributed by atoms with Crippen LogP contribution in [0, 0.1) is 6.92 Å². The van der Waals surface area contributed by atoms with Gasteiger partial charge in [0.15, 0.2) is 0 Å². The Labute approximate surface area is 259 Å². The van der Waals surface area contributed by atoms with E-state index < -0.39 is 11.9 Å². The van der Waals surface area contributed by atoms with E-state index in [-0.39, 0.29) is 24.1 Å². The van der Waals surface area contributed by atoms with Crippen molar-refractivity contribution < 1.29 is 28.3 Å². The molecule has 10 nitrogen and oxygen atoms in total. The number of carbonyl (C=O) groups excluding carboxylic acids is 3. The van der Waals surface area contributed by atoms with Crippen molar-refractivity contribution in [2.75, 3.05) is 36.0 Å². The number of esters is 1. The lowest BCUT2D eigenvalue weighted by Crippen LogP contribution is -2.45. The average molecular weight is 615 g/mol. The normalized spacial score (nSPS) is 14.5. The number of hydrogen-bond donors (Lipinski definition) is 1. The van der Waals surface area contributed by atoms with Crippen molar-refractivity contribution in [2.24, 2.45) is 0 Å². The van der Waals surface area contributed by atoms with E-state index in [2.05, 4.69) is 21.3 Å². The van der Waals surface area contributed by atoms with Crippen molar-refractivity contribution in [1.82, 2.24) is 10.3 Å². The molecule has 11 heteroatoms. The molecule has 0 saturated heterocycles. The molecule has 44 heavy (non-hydrogen) atoms. The smallest absolute Gasteiger partial charge is 0.325 e. The second-order valence-corrected chi connectivity index (χ2v) is 11.0. The van der Waals surface area contributed by atoms with Gasteiger partial charge >= 0.3 is 5.97 Å². The van der Waals surface area contributed by atoms with Gasteiger partial charge in [0.25, 0.3) is 5.91 Å². The first kappa shape index (κ1) is 29.3. The van der Waals surface area contributed by atoms with E-state index in [1.54, 1.807) is 36.2 Å². The number of aryl methyl sites for hydroxylation is 1. The van der Waals surface area contributed by atoms with Crippen LogP contribution in [0.15, 0.2) is 65.4 Å². The van der Waals surface area contributed by atoms with Crippen molar-refractivity contribution in [3.63, 3.8) is 0 Å². The molecule has 3 heterocycles. The number of nitrogens with one attached hydrogen (secondary N) is 1. The number of anilines is 2. The van der Waals surface area contributed by atoms with Crippen LogP contribution in [0.2, 0.25) is 5.02 Å².